The molecule has 1 heterocycles. The number of rotatable bonds is 1. The van der Waals surface area contributed by atoms with Gasteiger partial charge in [0.05, 0.1) is 11.9 Å². The van der Waals surface area contributed by atoms with Crippen LogP contribution in [0.25, 0.3) is 0 Å². The number of aromatic hydroxyl groups is 1. The summed E-state index contributed by atoms with van der Waals surface area (Å²) in [4.78, 5) is 17.3. The van der Waals surface area contributed by atoms with Gasteiger partial charge in [-0.25, -0.2) is 14.8 Å². The van der Waals surface area contributed by atoms with Crippen molar-refractivity contribution in [3.63, 3.8) is 0 Å². The molecule has 58 valence electrons. The molecule has 0 radical (unpaired) electrons. The third-order valence-corrected chi connectivity index (χ3v) is 1.08. The molecule has 0 aliphatic rings. The van der Waals surface area contributed by atoms with Gasteiger partial charge in [-0.15, -0.1) is 0 Å². The van der Waals surface area contributed by atoms with Crippen molar-refractivity contribution in [1.82, 2.24) is 9.97 Å². The third kappa shape index (κ3) is 1.43. The van der Waals surface area contributed by atoms with Crippen molar-refractivity contribution < 1.29 is 15.0 Å². The number of carbonyl (C=O) groups is 1. The second-order valence-electron chi connectivity index (χ2n) is 1.99. The van der Waals surface area contributed by atoms with E-state index in [1.165, 1.54) is 6.20 Å². The largest absolute Gasteiger partial charge is 0.492 e. The van der Waals surface area contributed by atoms with Crippen LogP contribution in [0.3, 0.4) is 0 Å². The van der Waals surface area contributed by atoms with Crippen molar-refractivity contribution in [2.75, 3.05) is 0 Å². The minimum absolute atomic E-state index is 0.412. The Hall–Kier alpha value is -1.65. The van der Waals surface area contributed by atoms with Crippen molar-refractivity contribution in [2.24, 2.45) is 0 Å². The lowest BCUT2D eigenvalue weighted by Crippen LogP contribution is -2.02. The van der Waals surface area contributed by atoms with Crippen LogP contribution in [-0.4, -0.2) is 26.2 Å². The molecule has 0 fully saturated rings. The molecule has 0 amide bonds. The van der Waals surface area contributed by atoms with Crippen molar-refractivity contribution in [3.8, 4) is 5.88 Å². The molecule has 5 heteroatoms. The SMILES string of the molecule is Cc1cnc(O)c(C(=O)O)n1. The minimum Gasteiger partial charge on any atom is -0.492 e. The van der Waals surface area contributed by atoms with Crippen LogP contribution in [0.2, 0.25) is 0 Å². The Morgan fingerprint density at radius 2 is 2.27 bits per heavy atom. The van der Waals surface area contributed by atoms with E-state index in [1.54, 1.807) is 6.92 Å². The molecule has 1 aromatic rings. The summed E-state index contributed by atoms with van der Waals surface area (Å²) in [6, 6.07) is 0. The molecule has 0 saturated carbocycles. The summed E-state index contributed by atoms with van der Waals surface area (Å²) in [5, 5.41) is 17.3. The van der Waals surface area contributed by atoms with Crippen molar-refractivity contribution >= 4 is 5.97 Å². The summed E-state index contributed by atoms with van der Waals surface area (Å²) in [6.45, 7) is 1.60. The van der Waals surface area contributed by atoms with Crippen LogP contribution in [0.5, 0.6) is 5.88 Å². The van der Waals surface area contributed by atoms with Crippen LogP contribution in [0.1, 0.15) is 16.2 Å². The van der Waals surface area contributed by atoms with E-state index in [2.05, 4.69) is 9.97 Å². The fourth-order valence-corrected chi connectivity index (χ4v) is 0.614. The van der Waals surface area contributed by atoms with Crippen molar-refractivity contribution in [2.45, 2.75) is 6.92 Å². The van der Waals surface area contributed by atoms with E-state index in [4.69, 9.17) is 10.2 Å². The first-order chi connectivity index (χ1) is 5.11. The molecular weight excluding hydrogens is 148 g/mol. The van der Waals surface area contributed by atoms with Gasteiger partial charge in [-0.3, -0.25) is 0 Å². The third-order valence-electron chi connectivity index (χ3n) is 1.08. The lowest BCUT2D eigenvalue weighted by molar-refractivity contribution is 0.0685. The Balaban J connectivity index is 3.23. The fraction of sp³-hybridized carbons (Fsp3) is 0.167. The maximum atomic E-state index is 10.3. The lowest BCUT2D eigenvalue weighted by Gasteiger charge is -1.96. The smallest absolute Gasteiger partial charge is 0.360 e. The van der Waals surface area contributed by atoms with Gasteiger partial charge in [0, 0.05) is 0 Å². The van der Waals surface area contributed by atoms with Crippen LogP contribution in [-0.2, 0) is 0 Å². The molecule has 5 nitrogen and oxygen atoms in total. The summed E-state index contributed by atoms with van der Waals surface area (Å²) in [5.74, 6) is -1.83. The molecule has 0 aromatic carbocycles. The summed E-state index contributed by atoms with van der Waals surface area (Å²) < 4.78 is 0. The van der Waals surface area contributed by atoms with Crippen LogP contribution >= 0.6 is 0 Å². The minimum atomic E-state index is -1.28. The first kappa shape index (κ1) is 7.46. The van der Waals surface area contributed by atoms with E-state index < -0.39 is 17.5 Å². The molecule has 1 rings (SSSR count). The van der Waals surface area contributed by atoms with Gasteiger partial charge in [0.25, 0.3) is 0 Å². The van der Waals surface area contributed by atoms with Crippen LogP contribution < -0.4 is 0 Å². The number of aromatic nitrogens is 2. The lowest BCUT2D eigenvalue weighted by atomic mass is 10.4. The Labute approximate surface area is 62.4 Å². The highest BCUT2D eigenvalue weighted by Crippen LogP contribution is 2.09. The van der Waals surface area contributed by atoms with Gasteiger partial charge in [0.2, 0.25) is 11.6 Å². The first-order valence-corrected chi connectivity index (χ1v) is 2.87. The molecule has 0 aliphatic carbocycles. The number of aromatic carboxylic acids is 1. The Bertz CT molecular complexity index is 298. The topological polar surface area (TPSA) is 83.3 Å². The van der Waals surface area contributed by atoms with E-state index in [0.29, 0.717) is 5.69 Å². The zero-order valence-electron chi connectivity index (χ0n) is 5.77. The van der Waals surface area contributed by atoms with E-state index in [0.717, 1.165) is 0 Å². The average molecular weight is 154 g/mol. The number of aryl methyl sites for hydroxylation is 1. The fourth-order valence-electron chi connectivity index (χ4n) is 0.614. The summed E-state index contributed by atoms with van der Waals surface area (Å²) >= 11 is 0. The van der Waals surface area contributed by atoms with Gasteiger partial charge in [0.15, 0.2) is 0 Å². The summed E-state index contributed by atoms with van der Waals surface area (Å²) in [6.07, 6.45) is 1.29. The van der Waals surface area contributed by atoms with Crippen LogP contribution in [0, 0.1) is 6.92 Å². The second kappa shape index (κ2) is 2.53. The number of carboxylic acids is 1. The Morgan fingerprint density at radius 3 is 2.73 bits per heavy atom. The van der Waals surface area contributed by atoms with Crippen LogP contribution in [0.4, 0.5) is 0 Å². The maximum absolute atomic E-state index is 10.3. The quantitative estimate of drug-likeness (QED) is 0.603. The van der Waals surface area contributed by atoms with E-state index in [-0.39, 0.29) is 0 Å². The normalized spacial score (nSPS) is 9.55. The molecular formula is C6H6N2O3. The molecule has 0 unspecified atom stereocenters. The maximum Gasteiger partial charge on any atom is 0.360 e. The molecule has 2 N–H and O–H groups in total. The summed E-state index contributed by atoms with van der Waals surface area (Å²) in [7, 11) is 0. The number of hydrogen-bond donors (Lipinski definition) is 2. The first-order valence-electron chi connectivity index (χ1n) is 2.87. The van der Waals surface area contributed by atoms with Gasteiger partial charge in [0.1, 0.15) is 0 Å². The van der Waals surface area contributed by atoms with E-state index in [9.17, 15) is 4.79 Å². The van der Waals surface area contributed by atoms with Gasteiger partial charge in [-0.1, -0.05) is 0 Å². The molecule has 11 heavy (non-hydrogen) atoms. The monoisotopic (exact) mass is 154 g/mol. The zero-order valence-corrected chi connectivity index (χ0v) is 5.77. The highest BCUT2D eigenvalue weighted by atomic mass is 16.4. The number of carboxylic acid groups (broad SMARTS) is 1. The van der Waals surface area contributed by atoms with Crippen molar-refractivity contribution in [1.29, 1.82) is 0 Å². The standard InChI is InChI=1S/C6H6N2O3/c1-3-2-7-5(9)4(8-3)6(10)11/h2H,1H3,(H,7,9)(H,10,11). The van der Waals surface area contributed by atoms with Crippen molar-refractivity contribution in [3.05, 3.63) is 17.6 Å². The second-order valence-corrected chi connectivity index (χ2v) is 1.99. The average Bonchev–Trinajstić information content (AvgIpc) is 1.94. The van der Waals surface area contributed by atoms with Gasteiger partial charge in [-0.05, 0) is 6.92 Å². The Kier molecular flexibility index (Phi) is 1.72. The molecule has 0 atom stereocenters. The van der Waals surface area contributed by atoms with E-state index >= 15 is 0 Å². The van der Waals surface area contributed by atoms with Gasteiger partial charge >= 0.3 is 5.97 Å². The number of hydrogen-bond acceptors (Lipinski definition) is 4. The van der Waals surface area contributed by atoms with E-state index in [1.807, 2.05) is 0 Å². The highest BCUT2D eigenvalue weighted by Gasteiger charge is 2.11. The van der Waals surface area contributed by atoms with Gasteiger partial charge < -0.3 is 10.2 Å². The molecule has 0 spiro atoms. The number of nitrogens with zero attached hydrogens (tertiary/aromatic N) is 2. The summed E-state index contributed by atoms with van der Waals surface area (Å²) in [5.41, 5.74) is 0.0465. The molecule has 0 saturated heterocycles. The zero-order chi connectivity index (χ0) is 8.43. The predicted molar refractivity (Wildman–Crippen MR) is 35.4 cm³/mol. The molecule has 0 aliphatic heterocycles. The molecule has 1 aromatic heterocycles. The van der Waals surface area contributed by atoms with Crippen LogP contribution in [0.15, 0.2) is 6.20 Å². The highest BCUT2D eigenvalue weighted by molar-refractivity contribution is 5.87. The Morgan fingerprint density at radius 1 is 1.64 bits per heavy atom. The van der Waals surface area contributed by atoms with Gasteiger partial charge in [-0.2, -0.15) is 0 Å². The predicted octanol–water partition coefficient (Wildman–Crippen LogP) is 0.189. The molecule has 0 bridgehead atoms.